The van der Waals surface area contributed by atoms with Gasteiger partial charge in [0.1, 0.15) is 10.9 Å². The van der Waals surface area contributed by atoms with Gasteiger partial charge in [0.25, 0.3) is 0 Å². The number of benzene rings is 4. The van der Waals surface area contributed by atoms with E-state index in [-0.39, 0.29) is 18.1 Å². The second-order valence-electron chi connectivity index (χ2n) is 10.5. The van der Waals surface area contributed by atoms with Crippen molar-refractivity contribution in [2.24, 2.45) is 0 Å². The number of carbonyl (C=O) groups excluding carboxylic acids is 1. The van der Waals surface area contributed by atoms with Crippen molar-refractivity contribution in [1.29, 1.82) is 0 Å². The topological polar surface area (TPSA) is 29.5 Å². The van der Waals surface area contributed by atoms with Gasteiger partial charge in [0.05, 0.1) is 6.04 Å². The van der Waals surface area contributed by atoms with Crippen LogP contribution in [-0.2, 0) is 16.1 Å². The van der Waals surface area contributed by atoms with Gasteiger partial charge in [0, 0.05) is 17.5 Å². The molecule has 0 bridgehead atoms. The summed E-state index contributed by atoms with van der Waals surface area (Å²) in [5.41, 5.74) is 2.90. The fourth-order valence-corrected chi connectivity index (χ4v) is 5.83. The van der Waals surface area contributed by atoms with Gasteiger partial charge < -0.3 is 4.74 Å². The standard InChI is InChI=1S/C34H37NO2S/c1-26(28-19-11-6-12-20-28)35(25-27-17-9-5-10-18-27)31(29-21-13-7-14-22-29)32(33(36)37-34(2,3)4)38-30-23-15-8-16-24-30/h5-24,26,31-32H,25H2,1-4H3/t26-,31-,32+/m1/s1. The third kappa shape index (κ3) is 7.59. The second kappa shape index (κ2) is 12.9. The minimum absolute atomic E-state index is 0.0444. The normalized spacial score (nSPS) is 14.0. The van der Waals surface area contributed by atoms with Crippen LogP contribution in [0.5, 0.6) is 0 Å². The molecule has 0 unspecified atom stereocenters. The van der Waals surface area contributed by atoms with Crippen molar-refractivity contribution in [3.8, 4) is 0 Å². The van der Waals surface area contributed by atoms with E-state index < -0.39 is 10.9 Å². The highest BCUT2D eigenvalue weighted by Crippen LogP contribution is 2.42. The predicted octanol–water partition coefficient (Wildman–Crippen LogP) is 8.49. The van der Waals surface area contributed by atoms with Gasteiger partial charge in [-0.15, -0.1) is 11.8 Å². The monoisotopic (exact) mass is 523 g/mol. The van der Waals surface area contributed by atoms with Crippen LogP contribution in [0.2, 0.25) is 0 Å². The Bertz CT molecular complexity index is 1260. The van der Waals surface area contributed by atoms with E-state index in [1.54, 1.807) is 11.8 Å². The molecular formula is C34H37NO2S. The molecular weight excluding hydrogens is 486 g/mol. The molecule has 196 valence electrons. The van der Waals surface area contributed by atoms with E-state index in [1.165, 1.54) is 11.1 Å². The molecule has 0 N–H and O–H groups in total. The van der Waals surface area contributed by atoms with E-state index in [1.807, 2.05) is 57.2 Å². The van der Waals surface area contributed by atoms with Crippen molar-refractivity contribution >= 4 is 17.7 Å². The fourth-order valence-electron chi connectivity index (χ4n) is 4.63. The van der Waals surface area contributed by atoms with Gasteiger partial charge in [-0.05, 0) is 56.5 Å². The number of carbonyl (C=O) groups is 1. The molecule has 0 heterocycles. The Labute approximate surface area is 231 Å². The van der Waals surface area contributed by atoms with Gasteiger partial charge in [0.2, 0.25) is 0 Å². The predicted molar refractivity (Wildman–Crippen MR) is 158 cm³/mol. The molecule has 3 atom stereocenters. The van der Waals surface area contributed by atoms with Crippen LogP contribution in [-0.4, -0.2) is 21.7 Å². The maximum absolute atomic E-state index is 14.0. The van der Waals surface area contributed by atoms with Crippen LogP contribution in [0.15, 0.2) is 126 Å². The smallest absolute Gasteiger partial charge is 0.321 e. The van der Waals surface area contributed by atoms with E-state index in [9.17, 15) is 4.79 Å². The van der Waals surface area contributed by atoms with Gasteiger partial charge in [0.15, 0.2) is 0 Å². The molecule has 0 amide bonds. The van der Waals surface area contributed by atoms with Crippen LogP contribution < -0.4 is 0 Å². The lowest BCUT2D eigenvalue weighted by Crippen LogP contribution is -2.42. The Hall–Kier alpha value is -3.34. The summed E-state index contributed by atoms with van der Waals surface area (Å²) in [6, 6.07) is 41.3. The Morgan fingerprint density at radius 3 is 1.74 bits per heavy atom. The molecule has 3 nitrogen and oxygen atoms in total. The Morgan fingerprint density at radius 2 is 1.21 bits per heavy atom. The highest BCUT2D eigenvalue weighted by Gasteiger charge is 2.39. The number of nitrogens with zero attached hydrogens (tertiary/aromatic N) is 1. The number of ether oxygens (including phenoxy) is 1. The molecule has 0 spiro atoms. The molecule has 0 fully saturated rings. The molecule has 38 heavy (non-hydrogen) atoms. The average molecular weight is 524 g/mol. The molecule has 0 saturated heterocycles. The zero-order valence-electron chi connectivity index (χ0n) is 22.7. The Morgan fingerprint density at radius 1 is 0.737 bits per heavy atom. The Kier molecular flexibility index (Phi) is 9.43. The van der Waals surface area contributed by atoms with Crippen molar-refractivity contribution in [1.82, 2.24) is 4.90 Å². The summed E-state index contributed by atoms with van der Waals surface area (Å²) < 4.78 is 6.07. The lowest BCUT2D eigenvalue weighted by molar-refractivity contribution is -0.155. The lowest BCUT2D eigenvalue weighted by atomic mass is 9.96. The van der Waals surface area contributed by atoms with Crippen molar-refractivity contribution < 1.29 is 9.53 Å². The minimum atomic E-state index is -0.594. The lowest BCUT2D eigenvalue weighted by Gasteiger charge is -2.41. The second-order valence-corrected chi connectivity index (χ2v) is 11.7. The largest absolute Gasteiger partial charge is 0.459 e. The van der Waals surface area contributed by atoms with E-state index in [2.05, 4.69) is 96.8 Å². The van der Waals surface area contributed by atoms with Crippen molar-refractivity contribution in [3.63, 3.8) is 0 Å². The van der Waals surface area contributed by atoms with Crippen LogP contribution in [0.3, 0.4) is 0 Å². The van der Waals surface area contributed by atoms with Crippen LogP contribution >= 0.6 is 11.8 Å². The highest BCUT2D eigenvalue weighted by molar-refractivity contribution is 8.00. The summed E-state index contributed by atoms with van der Waals surface area (Å²) >= 11 is 1.58. The number of rotatable bonds is 10. The number of thioether (sulfide) groups is 1. The Balaban J connectivity index is 1.86. The van der Waals surface area contributed by atoms with E-state index in [0.29, 0.717) is 6.54 Å². The molecule has 0 saturated carbocycles. The summed E-state index contributed by atoms with van der Waals surface area (Å²) in [6.07, 6.45) is 0. The molecule has 4 aromatic carbocycles. The third-order valence-corrected chi connectivity index (χ3v) is 7.67. The molecule has 4 heteroatoms. The molecule has 4 rings (SSSR count). The zero-order valence-corrected chi connectivity index (χ0v) is 23.5. The van der Waals surface area contributed by atoms with E-state index in [0.717, 1.165) is 10.5 Å². The first-order chi connectivity index (χ1) is 18.3. The molecule has 0 aliphatic rings. The zero-order chi connectivity index (χ0) is 27.0. The molecule has 4 aromatic rings. The van der Waals surface area contributed by atoms with Gasteiger partial charge in [-0.3, -0.25) is 9.69 Å². The first-order valence-electron chi connectivity index (χ1n) is 13.2. The third-order valence-electron chi connectivity index (χ3n) is 6.42. The average Bonchev–Trinajstić information content (AvgIpc) is 2.93. The van der Waals surface area contributed by atoms with Gasteiger partial charge in [-0.1, -0.05) is 109 Å². The summed E-state index contributed by atoms with van der Waals surface area (Å²) in [4.78, 5) is 17.5. The molecule has 0 aromatic heterocycles. The van der Waals surface area contributed by atoms with Crippen LogP contribution in [0.4, 0.5) is 0 Å². The van der Waals surface area contributed by atoms with Crippen molar-refractivity contribution in [2.45, 2.75) is 62.1 Å². The highest BCUT2D eigenvalue weighted by atomic mass is 32.2. The van der Waals surface area contributed by atoms with Crippen molar-refractivity contribution in [3.05, 3.63) is 138 Å². The molecule has 0 aliphatic heterocycles. The van der Waals surface area contributed by atoms with Crippen molar-refractivity contribution in [2.75, 3.05) is 0 Å². The molecule has 0 radical (unpaired) electrons. The van der Waals surface area contributed by atoms with E-state index in [4.69, 9.17) is 4.74 Å². The fraction of sp³-hybridized carbons (Fsp3) is 0.265. The first kappa shape index (κ1) is 27.7. The van der Waals surface area contributed by atoms with Gasteiger partial charge >= 0.3 is 5.97 Å². The summed E-state index contributed by atoms with van der Waals surface area (Å²) in [5.74, 6) is -0.210. The maximum Gasteiger partial charge on any atom is 0.321 e. The summed E-state index contributed by atoms with van der Waals surface area (Å²) in [5, 5.41) is -0.492. The van der Waals surface area contributed by atoms with Crippen LogP contribution in [0.25, 0.3) is 0 Å². The van der Waals surface area contributed by atoms with Gasteiger partial charge in [-0.2, -0.15) is 0 Å². The van der Waals surface area contributed by atoms with Gasteiger partial charge in [-0.25, -0.2) is 0 Å². The summed E-state index contributed by atoms with van der Waals surface area (Å²) in [6.45, 7) is 8.71. The number of hydrogen-bond acceptors (Lipinski definition) is 4. The molecule has 0 aliphatic carbocycles. The van der Waals surface area contributed by atoms with Crippen LogP contribution in [0.1, 0.15) is 56.5 Å². The van der Waals surface area contributed by atoms with Crippen LogP contribution in [0, 0.1) is 0 Å². The minimum Gasteiger partial charge on any atom is -0.459 e. The SMILES string of the molecule is C[C@H](c1ccccc1)N(Cc1ccccc1)[C@H](c1ccccc1)[C@H](Sc1ccccc1)C(=O)OC(C)(C)C. The maximum atomic E-state index is 14.0. The number of hydrogen-bond donors (Lipinski definition) is 0. The summed E-state index contributed by atoms with van der Waals surface area (Å²) in [7, 11) is 0. The quantitative estimate of drug-likeness (QED) is 0.154. The first-order valence-corrected chi connectivity index (χ1v) is 14.0. The van der Waals surface area contributed by atoms with E-state index >= 15 is 0 Å². The number of esters is 1.